The first kappa shape index (κ1) is 13.0. The molecule has 1 fully saturated rings. The van der Waals surface area contributed by atoms with E-state index in [1.165, 1.54) is 0 Å². The number of amides is 1. The molecule has 5 heteroatoms. The van der Waals surface area contributed by atoms with E-state index in [2.05, 4.69) is 0 Å². The van der Waals surface area contributed by atoms with Crippen molar-refractivity contribution in [2.24, 2.45) is 0 Å². The van der Waals surface area contributed by atoms with Crippen LogP contribution in [-0.4, -0.2) is 36.6 Å². The van der Waals surface area contributed by atoms with Crippen molar-refractivity contribution in [1.29, 1.82) is 0 Å². The van der Waals surface area contributed by atoms with Gasteiger partial charge in [-0.15, -0.1) is 11.6 Å². The maximum atomic E-state index is 11.6. The second-order valence-corrected chi connectivity index (χ2v) is 4.39. The van der Waals surface area contributed by atoms with Crippen LogP contribution in [0.15, 0.2) is 24.3 Å². The Bertz CT molecular complexity index is 424. The lowest BCUT2D eigenvalue weighted by molar-refractivity contribution is 0.133. The summed E-state index contributed by atoms with van der Waals surface area (Å²) in [4.78, 5) is 13.2. The monoisotopic (exact) mass is 269 g/mol. The number of hydrogen-bond acceptors (Lipinski definition) is 3. The molecule has 0 aliphatic carbocycles. The summed E-state index contributed by atoms with van der Waals surface area (Å²) in [5.74, 6) is 1.21. The van der Waals surface area contributed by atoms with Gasteiger partial charge in [-0.25, -0.2) is 4.79 Å². The standard InChI is InChI=1S/C13H16ClNO3/c1-2-17-11-5-3-4-10(8-11)12-9-15(7-6-14)13(16)18-12/h3-5,8,12H,2,6-7,9H2,1H3. The highest BCUT2D eigenvalue weighted by Gasteiger charge is 2.31. The van der Waals surface area contributed by atoms with Crippen molar-refractivity contribution in [2.75, 3.05) is 25.6 Å². The molecule has 18 heavy (non-hydrogen) atoms. The van der Waals surface area contributed by atoms with Crippen molar-refractivity contribution < 1.29 is 14.3 Å². The van der Waals surface area contributed by atoms with E-state index in [4.69, 9.17) is 21.1 Å². The quantitative estimate of drug-likeness (QED) is 0.772. The fourth-order valence-electron chi connectivity index (χ4n) is 1.94. The summed E-state index contributed by atoms with van der Waals surface area (Å²) in [6.07, 6.45) is -0.538. The number of nitrogens with zero attached hydrogens (tertiary/aromatic N) is 1. The summed E-state index contributed by atoms with van der Waals surface area (Å²) in [6, 6.07) is 7.63. The summed E-state index contributed by atoms with van der Waals surface area (Å²) >= 11 is 5.64. The maximum absolute atomic E-state index is 11.6. The zero-order valence-corrected chi connectivity index (χ0v) is 11.0. The van der Waals surface area contributed by atoms with Crippen molar-refractivity contribution in [1.82, 2.24) is 4.90 Å². The van der Waals surface area contributed by atoms with Gasteiger partial charge in [0.25, 0.3) is 0 Å². The lowest BCUT2D eigenvalue weighted by Gasteiger charge is -2.11. The molecule has 0 aromatic heterocycles. The highest BCUT2D eigenvalue weighted by atomic mass is 35.5. The fourth-order valence-corrected chi connectivity index (χ4v) is 2.14. The van der Waals surface area contributed by atoms with Gasteiger partial charge in [0.1, 0.15) is 11.9 Å². The molecule has 1 atom stereocenters. The summed E-state index contributed by atoms with van der Waals surface area (Å²) in [7, 11) is 0. The van der Waals surface area contributed by atoms with Gasteiger partial charge in [0, 0.05) is 12.4 Å². The van der Waals surface area contributed by atoms with E-state index in [-0.39, 0.29) is 12.2 Å². The van der Waals surface area contributed by atoms with Crippen LogP contribution in [0.3, 0.4) is 0 Å². The largest absolute Gasteiger partial charge is 0.494 e. The van der Waals surface area contributed by atoms with Crippen LogP contribution in [0, 0.1) is 0 Å². The molecule has 0 N–H and O–H groups in total. The highest BCUT2D eigenvalue weighted by molar-refractivity contribution is 6.18. The molecule has 1 saturated heterocycles. The number of halogens is 1. The van der Waals surface area contributed by atoms with E-state index < -0.39 is 0 Å². The van der Waals surface area contributed by atoms with Gasteiger partial charge in [0.2, 0.25) is 0 Å². The van der Waals surface area contributed by atoms with Crippen molar-refractivity contribution in [2.45, 2.75) is 13.0 Å². The van der Waals surface area contributed by atoms with Crippen molar-refractivity contribution in [3.8, 4) is 5.75 Å². The van der Waals surface area contributed by atoms with Crippen molar-refractivity contribution in [3.63, 3.8) is 0 Å². The molecule has 98 valence electrons. The van der Waals surface area contributed by atoms with Gasteiger partial charge < -0.3 is 14.4 Å². The predicted octanol–water partition coefficient (Wildman–Crippen LogP) is 2.82. The SMILES string of the molecule is CCOc1cccc(C2CN(CCCl)C(=O)O2)c1. The Balaban J connectivity index is 2.08. The van der Waals surface area contributed by atoms with Gasteiger partial charge in [-0.1, -0.05) is 12.1 Å². The lowest BCUT2D eigenvalue weighted by atomic mass is 10.1. The molecule has 1 aromatic carbocycles. The number of carbonyl (C=O) groups excluding carboxylic acids is 1. The number of hydrogen-bond donors (Lipinski definition) is 0. The molecule has 1 aromatic rings. The molecule has 1 amide bonds. The molecular weight excluding hydrogens is 254 g/mol. The molecule has 0 spiro atoms. The van der Waals surface area contributed by atoms with Crippen LogP contribution in [0.4, 0.5) is 4.79 Å². The summed E-state index contributed by atoms with van der Waals surface area (Å²) in [6.45, 7) is 3.61. The molecule has 0 bridgehead atoms. The second-order valence-electron chi connectivity index (χ2n) is 4.01. The normalized spacial score (nSPS) is 18.9. The number of benzene rings is 1. The van der Waals surface area contributed by atoms with Crippen LogP contribution >= 0.6 is 11.6 Å². The smallest absolute Gasteiger partial charge is 0.410 e. The fraction of sp³-hybridized carbons (Fsp3) is 0.462. The average Bonchev–Trinajstić information content (AvgIpc) is 2.73. The molecule has 1 aliphatic rings. The maximum Gasteiger partial charge on any atom is 0.410 e. The summed E-state index contributed by atoms with van der Waals surface area (Å²) in [5.41, 5.74) is 0.950. The molecule has 1 unspecified atom stereocenters. The average molecular weight is 270 g/mol. The van der Waals surface area contributed by atoms with Gasteiger partial charge in [-0.2, -0.15) is 0 Å². The van der Waals surface area contributed by atoms with Crippen LogP contribution in [-0.2, 0) is 4.74 Å². The van der Waals surface area contributed by atoms with E-state index in [0.29, 0.717) is 25.6 Å². The molecule has 4 nitrogen and oxygen atoms in total. The Hall–Kier alpha value is -1.42. The zero-order valence-electron chi connectivity index (χ0n) is 10.3. The summed E-state index contributed by atoms with van der Waals surface area (Å²) in [5, 5.41) is 0. The molecule has 2 rings (SSSR count). The first-order valence-electron chi connectivity index (χ1n) is 5.99. The predicted molar refractivity (Wildman–Crippen MR) is 69.1 cm³/mol. The second kappa shape index (κ2) is 5.96. The molecular formula is C13H16ClNO3. The van der Waals surface area contributed by atoms with Crippen LogP contribution in [0.25, 0.3) is 0 Å². The van der Waals surface area contributed by atoms with Gasteiger partial charge in [0.05, 0.1) is 13.2 Å². The topological polar surface area (TPSA) is 38.8 Å². The minimum absolute atomic E-state index is 0.235. The highest BCUT2D eigenvalue weighted by Crippen LogP contribution is 2.28. The minimum Gasteiger partial charge on any atom is -0.494 e. The molecule has 0 radical (unpaired) electrons. The van der Waals surface area contributed by atoms with Gasteiger partial charge in [0.15, 0.2) is 0 Å². The Kier molecular flexibility index (Phi) is 4.31. The lowest BCUT2D eigenvalue weighted by Crippen LogP contribution is -2.26. The summed E-state index contributed by atoms with van der Waals surface area (Å²) < 4.78 is 10.8. The van der Waals surface area contributed by atoms with Crippen LogP contribution < -0.4 is 4.74 Å². The Morgan fingerprint density at radius 3 is 3.11 bits per heavy atom. The third-order valence-corrected chi connectivity index (χ3v) is 2.95. The van der Waals surface area contributed by atoms with Crippen molar-refractivity contribution >= 4 is 17.7 Å². The molecule has 1 heterocycles. The number of carbonyl (C=O) groups is 1. The van der Waals surface area contributed by atoms with Gasteiger partial charge >= 0.3 is 6.09 Å². The minimum atomic E-state index is -0.303. The van der Waals surface area contributed by atoms with Crippen molar-refractivity contribution in [3.05, 3.63) is 29.8 Å². The number of alkyl halides is 1. The molecule has 0 saturated carbocycles. The Labute approximate surface area is 111 Å². The Morgan fingerprint density at radius 1 is 1.56 bits per heavy atom. The number of rotatable bonds is 5. The van der Waals surface area contributed by atoms with E-state index >= 15 is 0 Å². The third kappa shape index (κ3) is 2.88. The molecule has 1 aliphatic heterocycles. The number of cyclic esters (lactones) is 1. The first-order valence-corrected chi connectivity index (χ1v) is 6.52. The van der Waals surface area contributed by atoms with E-state index in [0.717, 1.165) is 11.3 Å². The van der Waals surface area contributed by atoms with Gasteiger partial charge in [-0.05, 0) is 24.6 Å². The Morgan fingerprint density at radius 2 is 2.39 bits per heavy atom. The van der Waals surface area contributed by atoms with Crippen LogP contribution in [0.2, 0.25) is 0 Å². The number of ether oxygens (including phenoxy) is 2. The first-order chi connectivity index (χ1) is 8.74. The third-order valence-electron chi connectivity index (χ3n) is 2.78. The van der Waals surface area contributed by atoms with Gasteiger partial charge in [-0.3, -0.25) is 0 Å². The van der Waals surface area contributed by atoms with E-state index in [9.17, 15) is 4.79 Å². The van der Waals surface area contributed by atoms with Crippen LogP contribution in [0.5, 0.6) is 5.75 Å². The van der Waals surface area contributed by atoms with Crippen LogP contribution in [0.1, 0.15) is 18.6 Å². The van der Waals surface area contributed by atoms with E-state index in [1.807, 2.05) is 31.2 Å². The van der Waals surface area contributed by atoms with E-state index in [1.54, 1.807) is 4.90 Å². The zero-order chi connectivity index (χ0) is 13.0.